The summed E-state index contributed by atoms with van der Waals surface area (Å²) in [5, 5.41) is -6.75. The number of carbonyl (C=O) groups is 1. The molecule has 0 saturated heterocycles. The lowest BCUT2D eigenvalue weighted by Gasteiger charge is -2.48. The van der Waals surface area contributed by atoms with E-state index in [1.807, 2.05) is 6.92 Å². The summed E-state index contributed by atoms with van der Waals surface area (Å²) in [4.78, 5) is 10.9. The number of rotatable bonds is 4. The molecule has 4 rings (SSSR count). The highest BCUT2D eigenvalue weighted by molar-refractivity contribution is 7.92. The zero-order valence-electron chi connectivity index (χ0n) is 18.2. The van der Waals surface area contributed by atoms with Gasteiger partial charge in [0, 0.05) is 11.8 Å². The first-order valence-electron chi connectivity index (χ1n) is 10.9. The summed E-state index contributed by atoms with van der Waals surface area (Å²) < 4.78 is 144. The van der Waals surface area contributed by atoms with Gasteiger partial charge < -0.3 is 0 Å². The van der Waals surface area contributed by atoms with E-state index in [0.29, 0.717) is 49.8 Å². The van der Waals surface area contributed by atoms with Crippen LogP contribution in [0.5, 0.6) is 0 Å². The molecular weight excluding hydrogens is 515 g/mol. The van der Waals surface area contributed by atoms with E-state index in [9.17, 15) is 52.7 Å². The number of carbonyl (C=O) groups excluding carboxylic acids is 1. The molecule has 1 aromatic rings. The lowest BCUT2D eigenvalue weighted by Crippen LogP contribution is -2.63. The van der Waals surface area contributed by atoms with E-state index in [1.165, 1.54) is 0 Å². The fourth-order valence-electron chi connectivity index (χ4n) is 6.17. The van der Waals surface area contributed by atoms with Crippen molar-refractivity contribution in [1.82, 2.24) is 0 Å². The van der Waals surface area contributed by atoms with Gasteiger partial charge in [0.1, 0.15) is 5.78 Å². The van der Waals surface area contributed by atoms with Crippen LogP contribution in [0.25, 0.3) is 0 Å². The third-order valence-electron chi connectivity index (χ3n) is 8.17. The van der Waals surface area contributed by atoms with Gasteiger partial charge in [-0.2, -0.15) is 39.5 Å². The number of fused-ring (bicyclic) bond motifs is 5. The molecule has 0 bridgehead atoms. The molecule has 0 unspecified atom stereocenters. The first kappa shape index (κ1) is 26.3. The highest BCUT2D eigenvalue weighted by Gasteiger charge is 2.85. The summed E-state index contributed by atoms with van der Waals surface area (Å²) in [6, 6.07) is 2.33. The summed E-state index contributed by atoms with van der Waals surface area (Å²) >= 11 is 0. The minimum atomic E-state index is -7.30. The zero-order chi connectivity index (χ0) is 26.4. The minimum Gasteiger partial charge on any atom is -0.299 e. The van der Waals surface area contributed by atoms with Crippen LogP contribution in [0.4, 0.5) is 39.5 Å². The number of hydrogen-bond donors (Lipinski definition) is 0. The summed E-state index contributed by atoms with van der Waals surface area (Å²) in [6.45, 7) is 1.91. The second-order valence-corrected chi connectivity index (χ2v) is 11.9. The van der Waals surface area contributed by atoms with Crippen molar-refractivity contribution < 1.29 is 52.7 Å². The number of hydrogen-bond acceptors (Lipinski definition) is 3. The summed E-state index contributed by atoms with van der Waals surface area (Å²) in [6.07, 6.45) is -4.25. The van der Waals surface area contributed by atoms with Gasteiger partial charge in [-0.3, -0.25) is 4.79 Å². The van der Waals surface area contributed by atoms with Crippen LogP contribution < -0.4 is 0 Å². The van der Waals surface area contributed by atoms with E-state index in [2.05, 4.69) is 0 Å². The highest BCUT2D eigenvalue weighted by Crippen LogP contribution is 2.60. The van der Waals surface area contributed by atoms with Crippen molar-refractivity contribution in [3.63, 3.8) is 0 Å². The van der Waals surface area contributed by atoms with Crippen LogP contribution in [0.15, 0.2) is 23.1 Å². The molecule has 13 heteroatoms. The lowest BCUT2D eigenvalue weighted by atomic mass is 9.55. The second kappa shape index (κ2) is 7.61. The van der Waals surface area contributed by atoms with Crippen LogP contribution in [-0.4, -0.2) is 37.5 Å². The number of Topliss-reactive ketones (excluding diaryl/α,β-unsaturated/α-hetero) is 1. The number of ketones is 1. The van der Waals surface area contributed by atoms with Gasteiger partial charge in [-0.1, -0.05) is 13.0 Å². The number of sulfone groups is 1. The molecule has 0 radical (unpaired) electrons. The Morgan fingerprint density at radius 3 is 2.11 bits per heavy atom. The first-order chi connectivity index (χ1) is 15.8. The number of benzene rings is 1. The number of aryl methyl sites for hydroxylation is 1. The predicted octanol–water partition coefficient (Wildman–Crippen LogP) is 6.31. The molecule has 0 amide bonds. The maximum atomic E-state index is 14.3. The molecule has 3 aliphatic carbocycles. The maximum Gasteiger partial charge on any atom is 0.460 e. The molecule has 0 N–H and O–H groups in total. The van der Waals surface area contributed by atoms with Gasteiger partial charge >= 0.3 is 23.3 Å². The van der Waals surface area contributed by atoms with Gasteiger partial charge in [0.25, 0.3) is 0 Å². The average molecular weight is 536 g/mol. The van der Waals surface area contributed by atoms with Crippen molar-refractivity contribution >= 4 is 15.6 Å². The number of alkyl halides is 9. The Hall–Kier alpha value is -1.79. The fraction of sp³-hybridized carbons (Fsp3) is 0.682. The SMILES string of the molecule is C[C@]12CC[C@@H]3c4ccc(S(=O)(=O)C(F)(F)C(F)(F)C(F)(F)C(F)(F)F)cc4CC[C@H]3[C@@H]1CCC2=O. The monoisotopic (exact) mass is 536 g/mol. The van der Waals surface area contributed by atoms with Crippen LogP contribution in [0, 0.1) is 17.3 Å². The van der Waals surface area contributed by atoms with E-state index < -0.39 is 43.4 Å². The first-order valence-corrected chi connectivity index (χ1v) is 12.4. The normalized spacial score (nSPS) is 30.0. The molecule has 0 heterocycles. The average Bonchev–Trinajstić information content (AvgIpc) is 3.06. The Balaban J connectivity index is 1.69. The van der Waals surface area contributed by atoms with Crippen molar-refractivity contribution in [2.45, 2.75) is 79.5 Å². The molecule has 0 spiro atoms. The Bertz CT molecular complexity index is 1160. The lowest BCUT2D eigenvalue weighted by molar-refractivity contribution is -0.382. The quantitative estimate of drug-likeness (QED) is 0.424. The molecule has 3 nitrogen and oxygen atoms in total. The van der Waals surface area contributed by atoms with Gasteiger partial charge in [-0.15, -0.1) is 0 Å². The van der Waals surface area contributed by atoms with Gasteiger partial charge in [0.05, 0.1) is 4.90 Å². The Labute approximate surface area is 195 Å². The van der Waals surface area contributed by atoms with Gasteiger partial charge in [0.2, 0.25) is 9.84 Å². The summed E-state index contributed by atoms with van der Waals surface area (Å²) in [7, 11) is -6.64. The Morgan fingerprint density at radius 2 is 1.51 bits per heavy atom. The third-order valence-corrected chi connectivity index (χ3v) is 9.98. The van der Waals surface area contributed by atoms with E-state index in [0.717, 1.165) is 6.07 Å². The molecule has 4 atom stereocenters. The van der Waals surface area contributed by atoms with Crippen molar-refractivity contribution in [2.75, 3.05) is 0 Å². The van der Waals surface area contributed by atoms with Crippen LogP contribution >= 0.6 is 0 Å². The molecule has 0 aliphatic heterocycles. The van der Waals surface area contributed by atoms with E-state index in [1.54, 1.807) is 0 Å². The van der Waals surface area contributed by atoms with Crippen molar-refractivity contribution in [3.8, 4) is 0 Å². The molecule has 35 heavy (non-hydrogen) atoms. The maximum absolute atomic E-state index is 14.3. The Morgan fingerprint density at radius 1 is 0.886 bits per heavy atom. The van der Waals surface area contributed by atoms with Crippen molar-refractivity contribution in [2.24, 2.45) is 17.3 Å². The third kappa shape index (κ3) is 3.38. The molecular formula is C22H21F9O3S. The van der Waals surface area contributed by atoms with Crippen molar-refractivity contribution in [1.29, 1.82) is 0 Å². The summed E-state index contributed by atoms with van der Waals surface area (Å²) in [5.41, 5.74) is 0.332. The molecule has 196 valence electrons. The standard InChI is InChI=1S/C22H21F9O3S/c1-18-9-8-14-13-5-3-12(10-11(13)2-4-15(14)16(18)6-7-17(18)32)35(33,34)22(30,31)20(25,26)19(23,24)21(27,28)29/h3,5,10,14-16H,2,4,6-9H2,1H3/t14-,15-,16+,18+/m1/s1. The van der Waals surface area contributed by atoms with E-state index >= 15 is 0 Å². The van der Waals surface area contributed by atoms with E-state index in [4.69, 9.17) is 0 Å². The minimum absolute atomic E-state index is 0.0615. The zero-order valence-corrected chi connectivity index (χ0v) is 19.1. The van der Waals surface area contributed by atoms with Crippen LogP contribution in [-0.2, 0) is 21.1 Å². The Kier molecular flexibility index (Phi) is 5.71. The van der Waals surface area contributed by atoms with Gasteiger partial charge in [0.15, 0.2) is 0 Å². The van der Waals surface area contributed by atoms with Gasteiger partial charge in [-0.25, -0.2) is 8.42 Å². The predicted molar refractivity (Wildman–Crippen MR) is 104 cm³/mol. The fourth-order valence-corrected chi connectivity index (χ4v) is 7.48. The number of halogens is 9. The summed E-state index contributed by atoms with van der Waals surface area (Å²) in [5.74, 6) is -14.4. The topological polar surface area (TPSA) is 51.2 Å². The van der Waals surface area contributed by atoms with Crippen LogP contribution in [0.3, 0.4) is 0 Å². The molecule has 2 saturated carbocycles. The molecule has 0 aromatic heterocycles. The molecule has 3 aliphatic rings. The van der Waals surface area contributed by atoms with Crippen LogP contribution in [0.2, 0.25) is 0 Å². The molecule has 1 aromatic carbocycles. The second-order valence-electron chi connectivity index (χ2n) is 9.86. The largest absolute Gasteiger partial charge is 0.460 e. The van der Waals surface area contributed by atoms with Crippen molar-refractivity contribution in [3.05, 3.63) is 29.3 Å². The molecule has 2 fully saturated rings. The smallest absolute Gasteiger partial charge is 0.299 e. The van der Waals surface area contributed by atoms with E-state index in [-0.39, 0.29) is 35.5 Å². The highest BCUT2D eigenvalue weighted by atomic mass is 32.2. The van der Waals surface area contributed by atoms with Gasteiger partial charge in [-0.05, 0) is 73.1 Å². The van der Waals surface area contributed by atoms with Crippen LogP contribution in [0.1, 0.15) is 56.1 Å².